The number of hydrogen-bond donors (Lipinski definition) is 2. The minimum atomic E-state index is -1.18. The first-order valence-corrected chi connectivity index (χ1v) is 10.2. The van der Waals surface area contributed by atoms with Crippen molar-refractivity contribution in [2.24, 2.45) is 0 Å². The van der Waals surface area contributed by atoms with E-state index in [1.165, 1.54) is 24.1 Å². The van der Waals surface area contributed by atoms with Gasteiger partial charge in [0, 0.05) is 31.8 Å². The predicted molar refractivity (Wildman–Crippen MR) is 116 cm³/mol. The van der Waals surface area contributed by atoms with Crippen molar-refractivity contribution in [2.45, 2.75) is 19.0 Å². The minimum Gasteiger partial charge on any atom is -0.480 e. The number of aromatic nitrogens is 5. The number of methoxy groups -OCH3 is 1. The number of carbonyl (C=O) groups is 1. The van der Waals surface area contributed by atoms with Crippen molar-refractivity contribution in [2.75, 3.05) is 19.0 Å². The highest BCUT2D eigenvalue weighted by atomic mass is 19.1. The monoisotopic (exact) mass is 470 g/mol. The molecule has 0 saturated carbocycles. The molecule has 34 heavy (non-hydrogen) atoms. The number of carboxylic acid groups (broad SMARTS) is 1. The molecule has 0 saturated heterocycles. The van der Waals surface area contributed by atoms with E-state index >= 15 is 0 Å². The zero-order chi connectivity index (χ0) is 24.1. The normalized spacial score (nSPS) is 12.0. The van der Waals surface area contributed by atoms with Crippen molar-refractivity contribution in [1.29, 1.82) is 0 Å². The molecular weight excluding hydrogens is 450 g/mol. The molecule has 4 rings (SSSR count). The summed E-state index contributed by atoms with van der Waals surface area (Å²) in [5, 5.41) is 20.4. The van der Waals surface area contributed by atoms with E-state index in [2.05, 4.69) is 25.5 Å². The summed E-state index contributed by atoms with van der Waals surface area (Å²) in [4.78, 5) is 19.6. The average Bonchev–Trinajstić information content (AvgIpc) is 3.49. The van der Waals surface area contributed by atoms with Gasteiger partial charge in [0.15, 0.2) is 17.5 Å². The van der Waals surface area contributed by atoms with Gasteiger partial charge in [-0.1, -0.05) is 23.4 Å². The van der Waals surface area contributed by atoms with Crippen molar-refractivity contribution in [3.8, 4) is 22.9 Å². The summed E-state index contributed by atoms with van der Waals surface area (Å²) in [6, 6.07) is 8.37. The lowest BCUT2D eigenvalue weighted by molar-refractivity contribution is -0.138. The third-order valence-electron chi connectivity index (χ3n) is 4.95. The summed E-state index contributed by atoms with van der Waals surface area (Å²) in [5.74, 6) is -2.66. The Hall–Kier alpha value is -4.19. The van der Waals surface area contributed by atoms with Gasteiger partial charge in [-0.15, -0.1) is 0 Å². The molecular formula is C22H20F2N6O4. The van der Waals surface area contributed by atoms with E-state index in [9.17, 15) is 18.7 Å². The molecule has 0 aliphatic carbocycles. The van der Waals surface area contributed by atoms with Crippen LogP contribution in [0.25, 0.3) is 22.9 Å². The first-order valence-electron chi connectivity index (χ1n) is 10.2. The molecule has 0 bridgehead atoms. The lowest BCUT2D eigenvalue weighted by Gasteiger charge is -2.15. The Morgan fingerprint density at radius 1 is 1.24 bits per heavy atom. The second kappa shape index (κ2) is 10.2. The molecule has 2 N–H and O–H groups in total. The molecule has 3 aromatic heterocycles. The van der Waals surface area contributed by atoms with E-state index in [1.54, 1.807) is 30.3 Å². The Morgan fingerprint density at radius 2 is 2.06 bits per heavy atom. The summed E-state index contributed by atoms with van der Waals surface area (Å²) >= 11 is 0. The number of ether oxygens (including phenoxy) is 1. The second-order valence-corrected chi connectivity index (χ2v) is 7.26. The highest BCUT2D eigenvalue weighted by Gasteiger charge is 2.22. The largest absolute Gasteiger partial charge is 0.480 e. The van der Waals surface area contributed by atoms with Crippen LogP contribution in [0, 0.1) is 11.6 Å². The number of aliphatic carboxylic acids is 1. The summed E-state index contributed by atoms with van der Waals surface area (Å²) in [6.45, 7) is 0.240. The number of carboxylic acids is 1. The quantitative estimate of drug-likeness (QED) is 0.359. The lowest BCUT2D eigenvalue weighted by atomic mass is 10.2. The number of rotatable bonds is 10. The zero-order valence-corrected chi connectivity index (χ0v) is 18.0. The second-order valence-electron chi connectivity index (χ2n) is 7.26. The maximum atomic E-state index is 14.4. The zero-order valence-electron chi connectivity index (χ0n) is 18.0. The smallest absolute Gasteiger partial charge is 0.326 e. The van der Waals surface area contributed by atoms with Crippen LogP contribution in [0.2, 0.25) is 0 Å². The third kappa shape index (κ3) is 5.07. The van der Waals surface area contributed by atoms with Crippen LogP contribution in [-0.4, -0.2) is 55.7 Å². The maximum absolute atomic E-state index is 14.4. The summed E-state index contributed by atoms with van der Waals surface area (Å²) < 4.78 is 40.0. The molecule has 1 unspecified atom stereocenters. The SMILES string of the molecule is COCCC(Nc1nc(-c2cc(-c3ccon3)n(Cc3ccccc3F)n2)ncc1F)C(=O)O. The van der Waals surface area contributed by atoms with Gasteiger partial charge in [-0.3, -0.25) is 4.68 Å². The van der Waals surface area contributed by atoms with Gasteiger partial charge >= 0.3 is 5.97 Å². The molecule has 4 aromatic rings. The van der Waals surface area contributed by atoms with Crippen LogP contribution in [-0.2, 0) is 16.1 Å². The van der Waals surface area contributed by atoms with Crippen molar-refractivity contribution in [3.63, 3.8) is 0 Å². The van der Waals surface area contributed by atoms with Crippen molar-refractivity contribution in [3.05, 3.63) is 66.1 Å². The van der Waals surface area contributed by atoms with E-state index in [1.807, 2.05) is 0 Å². The van der Waals surface area contributed by atoms with Gasteiger partial charge in [0.05, 0.1) is 18.4 Å². The van der Waals surface area contributed by atoms with Gasteiger partial charge in [0.2, 0.25) is 0 Å². The highest BCUT2D eigenvalue weighted by Crippen LogP contribution is 2.26. The van der Waals surface area contributed by atoms with E-state index in [0.29, 0.717) is 17.0 Å². The molecule has 0 aliphatic rings. The van der Waals surface area contributed by atoms with Gasteiger partial charge < -0.3 is 19.7 Å². The first kappa shape index (κ1) is 23.0. The standard InChI is InChI=1S/C22H20F2N6O4/c1-33-8-6-17(22(31)32)26-20-15(24)11-25-21(27-20)18-10-19(16-7-9-34-29-16)30(28-18)12-13-4-2-3-5-14(13)23/h2-5,7,9-11,17H,6,8,12H2,1H3,(H,31,32)(H,25,26,27). The Morgan fingerprint density at radius 3 is 2.76 bits per heavy atom. The fourth-order valence-electron chi connectivity index (χ4n) is 3.24. The summed E-state index contributed by atoms with van der Waals surface area (Å²) in [6.07, 6.45) is 2.40. The molecule has 0 amide bonds. The highest BCUT2D eigenvalue weighted by molar-refractivity contribution is 5.77. The number of benzene rings is 1. The number of anilines is 1. The van der Waals surface area contributed by atoms with E-state index in [-0.39, 0.29) is 36.9 Å². The van der Waals surface area contributed by atoms with Gasteiger partial charge in [-0.25, -0.2) is 23.5 Å². The van der Waals surface area contributed by atoms with Crippen LogP contribution < -0.4 is 5.32 Å². The Kier molecular flexibility index (Phi) is 6.87. The Balaban J connectivity index is 1.70. The van der Waals surface area contributed by atoms with E-state index in [4.69, 9.17) is 9.26 Å². The number of nitrogens with zero attached hydrogens (tertiary/aromatic N) is 5. The first-order chi connectivity index (χ1) is 16.5. The number of hydrogen-bond acceptors (Lipinski definition) is 8. The number of halogens is 2. The average molecular weight is 470 g/mol. The summed E-state index contributed by atoms with van der Waals surface area (Å²) in [7, 11) is 1.44. The van der Waals surface area contributed by atoms with Crippen molar-refractivity contribution >= 4 is 11.8 Å². The molecule has 3 heterocycles. The maximum Gasteiger partial charge on any atom is 0.326 e. The van der Waals surface area contributed by atoms with Crippen LogP contribution in [0.4, 0.5) is 14.6 Å². The van der Waals surface area contributed by atoms with Crippen molar-refractivity contribution < 1.29 is 27.9 Å². The molecule has 176 valence electrons. The van der Waals surface area contributed by atoms with Gasteiger partial charge in [-0.2, -0.15) is 5.10 Å². The minimum absolute atomic E-state index is 0.0387. The molecule has 0 aliphatic heterocycles. The topological polar surface area (TPSA) is 128 Å². The molecule has 0 fully saturated rings. The third-order valence-corrected chi connectivity index (χ3v) is 4.95. The molecule has 0 radical (unpaired) electrons. The fraction of sp³-hybridized carbons (Fsp3) is 0.227. The van der Waals surface area contributed by atoms with Crippen LogP contribution >= 0.6 is 0 Å². The molecule has 1 atom stereocenters. The van der Waals surface area contributed by atoms with E-state index < -0.39 is 23.6 Å². The Labute approximate surface area is 192 Å². The van der Waals surface area contributed by atoms with Gasteiger partial charge in [0.1, 0.15) is 29.5 Å². The van der Waals surface area contributed by atoms with Crippen LogP contribution in [0.15, 0.2) is 53.4 Å². The fourth-order valence-corrected chi connectivity index (χ4v) is 3.24. The van der Waals surface area contributed by atoms with Crippen LogP contribution in [0.1, 0.15) is 12.0 Å². The van der Waals surface area contributed by atoms with E-state index in [0.717, 1.165) is 6.20 Å². The molecule has 10 nitrogen and oxygen atoms in total. The van der Waals surface area contributed by atoms with Gasteiger partial charge in [0.25, 0.3) is 0 Å². The Bertz CT molecular complexity index is 1280. The predicted octanol–water partition coefficient (Wildman–Crippen LogP) is 3.22. The van der Waals surface area contributed by atoms with Gasteiger partial charge in [-0.05, 0) is 12.1 Å². The number of nitrogens with one attached hydrogen (secondary N) is 1. The van der Waals surface area contributed by atoms with Crippen molar-refractivity contribution in [1.82, 2.24) is 24.9 Å². The molecule has 12 heteroatoms. The molecule has 0 spiro atoms. The van der Waals surface area contributed by atoms with Crippen LogP contribution in [0.3, 0.4) is 0 Å². The van der Waals surface area contributed by atoms with Crippen LogP contribution in [0.5, 0.6) is 0 Å². The summed E-state index contributed by atoms with van der Waals surface area (Å²) in [5.41, 5.74) is 1.59. The lowest BCUT2D eigenvalue weighted by Crippen LogP contribution is -2.31. The molecule has 1 aromatic carbocycles.